The van der Waals surface area contributed by atoms with Gasteiger partial charge in [-0.2, -0.15) is 0 Å². The molecule has 1 amide bonds. The smallest absolute Gasteiger partial charge is 0.260 e. The second-order valence-electron chi connectivity index (χ2n) is 5.41. The quantitative estimate of drug-likeness (QED) is 0.931. The van der Waals surface area contributed by atoms with E-state index in [2.05, 4.69) is 11.4 Å². The highest BCUT2D eigenvalue weighted by molar-refractivity contribution is 6.10. The first kappa shape index (κ1) is 13.7. The number of hydrogen-bond acceptors (Lipinski definition) is 2. The van der Waals surface area contributed by atoms with Gasteiger partial charge >= 0.3 is 0 Å². The van der Waals surface area contributed by atoms with E-state index < -0.39 is 0 Å². The summed E-state index contributed by atoms with van der Waals surface area (Å²) in [6.07, 6.45) is 0.935. The number of para-hydroxylation sites is 1. The zero-order valence-corrected chi connectivity index (χ0v) is 12.5. The predicted octanol–water partition coefficient (Wildman–Crippen LogP) is 3.63. The average molecular weight is 280 g/mol. The van der Waals surface area contributed by atoms with Gasteiger partial charge in [0, 0.05) is 24.5 Å². The summed E-state index contributed by atoms with van der Waals surface area (Å²) in [5, 5.41) is 3.28. The third-order valence-corrected chi connectivity index (χ3v) is 3.91. The molecule has 108 valence electrons. The van der Waals surface area contributed by atoms with Crippen LogP contribution in [0.1, 0.15) is 28.4 Å². The van der Waals surface area contributed by atoms with Crippen LogP contribution in [0, 0.1) is 6.92 Å². The number of nitrogens with zero attached hydrogens (tertiary/aromatic N) is 1. The molecule has 3 nitrogen and oxygen atoms in total. The molecule has 0 saturated carbocycles. The fraction of sp³-hybridized carbons (Fsp3) is 0.278. The monoisotopic (exact) mass is 280 g/mol. The van der Waals surface area contributed by atoms with Gasteiger partial charge in [0.25, 0.3) is 5.91 Å². The molecule has 0 fully saturated rings. The highest BCUT2D eigenvalue weighted by Gasteiger charge is 2.26. The first-order valence-corrected chi connectivity index (χ1v) is 7.45. The number of carbonyl (C=O) groups is 1. The Bertz CT molecular complexity index is 679. The molecular weight excluding hydrogens is 260 g/mol. The Labute approximate surface area is 125 Å². The average Bonchev–Trinajstić information content (AvgIpc) is 2.92. The SMILES string of the molecule is CCNc1ccc(C)cc1C(=O)N1CCc2ccccc21. The fourth-order valence-corrected chi connectivity index (χ4v) is 2.87. The van der Waals surface area contributed by atoms with Crippen molar-refractivity contribution in [3.8, 4) is 0 Å². The maximum Gasteiger partial charge on any atom is 0.260 e. The molecule has 3 rings (SSSR count). The molecule has 0 aromatic heterocycles. The van der Waals surface area contributed by atoms with Gasteiger partial charge in [0.2, 0.25) is 0 Å². The van der Waals surface area contributed by atoms with Gasteiger partial charge in [-0.15, -0.1) is 0 Å². The third-order valence-electron chi connectivity index (χ3n) is 3.91. The van der Waals surface area contributed by atoms with Gasteiger partial charge in [-0.1, -0.05) is 29.8 Å². The number of carbonyl (C=O) groups excluding carboxylic acids is 1. The van der Waals surface area contributed by atoms with Gasteiger partial charge in [0.15, 0.2) is 0 Å². The molecule has 2 aromatic carbocycles. The number of nitrogens with one attached hydrogen (secondary N) is 1. The summed E-state index contributed by atoms with van der Waals surface area (Å²) in [7, 11) is 0. The number of benzene rings is 2. The van der Waals surface area contributed by atoms with Gasteiger partial charge in [-0.25, -0.2) is 0 Å². The van der Waals surface area contributed by atoms with E-state index in [0.717, 1.165) is 42.0 Å². The van der Waals surface area contributed by atoms with Crippen LogP contribution in [-0.2, 0) is 6.42 Å². The van der Waals surface area contributed by atoms with Crippen LogP contribution in [0.3, 0.4) is 0 Å². The number of rotatable bonds is 3. The summed E-state index contributed by atoms with van der Waals surface area (Å²) in [5.74, 6) is 0.0830. The van der Waals surface area contributed by atoms with E-state index in [0.29, 0.717) is 0 Å². The molecule has 1 aliphatic rings. The van der Waals surface area contributed by atoms with E-state index in [-0.39, 0.29) is 5.91 Å². The lowest BCUT2D eigenvalue weighted by atomic mass is 10.1. The van der Waals surface area contributed by atoms with Crippen LogP contribution < -0.4 is 10.2 Å². The van der Waals surface area contributed by atoms with E-state index >= 15 is 0 Å². The molecule has 2 aromatic rings. The molecule has 0 saturated heterocycles. The molecule has 1 heterocycles. The minimum Gasteiger partial charge on any atom is -0.385 e. The minimum atomic E-state index is 0.0830. The van der Waals surface area contributed by atoms with Crippen molar-refractivity contribution in [3.63, 3.8) is 0 Å². The van der Waals surface area contributed by atoms with Crippen molar-refractivity contribution in [3.05, 3.63) is 59.2 Å². The van der Waals surface area contributed by atoms with Crippen molar-refractivity contribution in [1.82, 2.24) is 0 Å². The highest BCUT2D eigenvalue weighted by atomic mass is 16.2. The van der Waals surface area contributed by atoms with Crippen molar-refractivity contribution in [1.29, 1.82) is 0 Å². The van der Waals surface area contributed by atoms with Crippen LogP contribution >= 0.6 is 0 Å². The minimum absolute atomic E-state index is 0.0830. The summed E-state index contributed by atoms with van der Waals surface area (Å²) in [6, 6.07) is 14.2. The topological polar surface area (TPSA) is 32.3 Å². The molecule has 0 aliphatic carbocycles. The number of fused-ring (bicyclic) bond motifs is 1. The summed E-state index contributed by atoms with van der Waals surface area (Å²) in [5.41, 5.74) is 5.08. The molecule has 0 unspecified atom stereocenters. The van der Waals surface area contributed by atoms with E-state index in [4.69, 9.17) is 0 Å². The first-order chi connectivity index (χ1) is 10.2. The number of aryl methyl sites for hydroxylation is 1. The Morgan fingerprint density at radius 2 is 2.05 bits per heavy atom. The standard InChI is InChI=1S/C18H20N2O/c1-3-19-16-9-8-13(2)12-15(16)18(21)20-11-10-14-6-4-5-7-17(14)20/h4-9,12,19H,3,10-11H2,1-2H3. The maximum absolute atomic E-state index is 12.9. The summed E-state index contributed by atoms with van der Waals surface area (Å²) < 4.78 is 0. The van der Waals surface area contributed by atoms with Crippen LogP contribution in [-0.4, -0.2) is 19.0 Å². The maximum atomic E-state index is 12.9. The van der Waals surface area contributed by atoms with E-state index in [1.807, 2.05) is 55.1 Å². The Morgan fingerprint density at radius 1 is 1.24 bits per heavy atom. The molecule has 0 radical (unpaired) electrons. The van der Waals surface area contributed by atoms with E-state index in [1.54, 1.807) is 0 Å². The van der Waals surface area contributed by atoms with Crippen molar-refractivity contribution < 1.29 is 4.79 Å². The molecule has 1 aliphatic heterocycles. The normalized spacial score (nSPS) is 13.1. The van der Waals surface area contributed by atoms with Crippen LogP contribution in [0.15, 0.2) is 42.5 Å². The number of amides is 1. The van der Waals surface area contributed by atoms with Crippen LogP contribution in [0.4, 0.5) is 11.4 Å². The lowest BCUT2D eigenvalue weighted by Gasteiger charge is -2.20. The van der Waals surface area contributed by atoms with Crippen molar-refractivity contribution in [2.45, 2.75) is 20.3 Å². The molecule has 1 N–H and O–H groups in total. The third kappa shape index (κ3) is 2.51. The lowest BCUT2D eigenvalue weighted by Crippen LogP contribution is -2.29. The Balaban J connectivity index is 1.98. The van der Waals surface area contributed by atoms with Crippen LogP contribution in [0.5, 0.6) is 0 Å². The Kier molecular flexibility index (Phi) is 3.65. The zero-order valence-electron chi connectivity index (χ0n) is 12.5. The molecule has 0 atom stereocenters. The van der Waals surface area contributed by atoms with Gasteiger partial charge in [0.05, 0.1) is 5.56 Å². The van der Waals surface area contributed by atoms with Crippen molar-refractivity contribution >= 4 is 17.3 Å². The zero-order chi connectivity index (χ0) is 14.8. The van der Waals surface area contributed by atoms with Crippen LogP contribution in [0.2, 0.25) is 0 Å². The Morgan fingerprint density at radius 3 is 2.86 bits per heavy atom. The Hall–Kier alpha value is -2.29. The largest absolute Gasteiger partial charge is 0.385 e. The molecule has 3 heteroatoms. The first-order valence-electron chi connectivity index (χ1n) is 7.45. The fourth-order valence-electron chi connectivity index (χ4n) is 2.87. The van der Waals surface area contributed by atoms with Gasteiger partial charge in [0.1, 0.15) is 0 Å². The molecule has 0 spiro atoms. The molecule has 21 heavy (non-hydrogen) atoms. The summed E-state index contributed by atoms with van der Waals surface area (Å²) >= 11 is 0. The second-order valence-corrected chi connectivity index (χ2v) is 5.41. The van der Waals surface area contributed by atoms with Crippen molar-refractivity contribution in [2.24, 2.45) is 0 Å². The molecular formula is C18H20N2O. The van der Waals surface area contributed by atoms with E-state index in [1.165, 1.54) is 5.56 Å². The lowest BCUT2D eigenvalue weighted by molar-refractivity contribution is 0.0990. The number of anilines is 2. The van der Waals surface area contributed by atoms with Gasteiger partial charge in [-0.3, -0.25) is 4.79 Å². The van der Waals surface area contributed by atoms with Gasteiger partial charge < -0.3 is 10.2 Å². The molecule has 0 bridgehead atoms. The second kappa shape index (κ2) is 5.60. The van der Waals surface area contributed by atoms with Crippen LogP contribution in [0.25, 0.3) is 0 Å². The highest BCUT2D eigenvalue weighted by Crippen LogP contribution is 2.30. The summed E-state index contributed by atoms with van der Waals surface area (Å²) in [6.45, 7) is 5.63. The van der Waals surface area contributed by atoms with Gasteiger partial charge in [-0.05, 0) is 44.0 Å². The number of hydrogen-bond donors (Lipinski definition) is 1. The van der Waals surface area contributed by atoms with E-state index in [9.17, 15) is 4.79 Å². The predicted molar refractivity (Wildman–Crippen MR) is 87.2 cm³/mol. The summed E-state index contributed by atoms with van der Waals surface area (Å²) in [4.78, 5) is 14.8. The van der Waals surface area contributed by atoms with Crippen molar-refractivity contribution in [2.75, 3.05) is 23.3 Å².